The highest BCUT2D eigenvalue weighted by atomic mass is 14.2. The van der Waals surface area contributed by atoms with E-state index in [2.05, 4.69) is 279 Å². The molecule has 0 aliphatic heterocycles. The van der Waals surface area contributed by atoms with Crippen LogP contribution in [0.3, 0.4) is 0 Å². The van der Waals surface area contributed by atoms with Crippen molar-refractivity contribution in [3.05, 3.63) is 279 Å². The molecule has 0 nitrogen and oxygen atoms in total. The van der Waals surface area contributed by atoms with E-state index in [-0.39, 0.29) is 0 Å². The minimum atomic E-state index is 1.17. The molecule has 0 heterocycles. The van der Waals surface area contributed by atoms with Gasteiger partial charge in [-0.15, -0.1) is 0 Å². The summed E-state index contributed by atoms with van der Waals surface area (Å²) in [5.74, 6) is 0. The maximum atomic E-state index is 2.36. The number of rotatable bonds is 10. The second-order valence-electron chi connectivity index (χ2n) is 17.0. The molecule has 0 saturated carbocycles. The molecule has 0 atom stereocenters. The standard InChI is InChI=1S/C66H46/c1-4-15-47(16-5-1)50-31-33-51(34-32-50)57-24-12-29-62(41-57)65-44-64(53-37-35-52(36-38-53)56-23-10-21-54(39-56)48-17-6-2-7-18-48)45-66(46-65)63-30-14-28-61(43-63)60-27-13-26-59(42-60)58-25-11-22-55(40-58)49-19-8-3-9-20-49/h1-46H. The molecule has 0 unspecified atom stereocenters. The van der Waals surface area contributed by atoms with E-state index in [1.54, 1.807) is 0 Å². The van der Waals surface area contributed by atoms with Crippen molar-refractivity contribution in [3.8, 4) is 111 Å². The van der Waals surface area contributed by atoms with Crippen LogP contribution in [0.15, 0.2) is 279 Å². The zero-order valence-corrected chi connectivity index (χ0v) is 36.6. The van der Waals surface area contributed by atoms with Gasteiger partial charge in [-0.2, -0.15) is 0 Å². The second-order valence-corrected chi connectivity index (χ2v) is 17.0. The Bertz CT molecular complexity index is 3420. The smallest absolute Gasteiger partial charge is 0.0171 e. The largest absolute Gasteiger partial charge is 0.0622 e. The first-order valence-corrected chi connectivity index (χ1v) is 22.7. The van der Waals surface area contributed by atoms with Crippen molar-refractivity contribution in [2.24, 2.45) is 0 Å². The maximum Gasteiger partial charge on any atom is -0.0171 e. The van der Waals surface area contributed by atoms with Gasteiger partial charge in [0.25, 0.3) is 0 Å². The molecule has 0 bridgehead atoms. The van der Waals surface area contributed by atoms with Crippen molar-refractivity contribution in [1.82, 2.24) is 0 Å². The summed E-state index contributed by atoms with van der Waals surface area (Å²) in [7, 11) is 0. The van der Waals surface area contributed by atoms with Crippen molar-refractivity contribution < 1.29 is 0 Å². The van der Waals surface area contributed by atoms with Gasteiger partial charge in [0.1, 0.15) is 0 Å². The molecular weight excluding hydrogens is 793 g/mol. The van der Waals surface area contributed by atoms with Crippen LogP contribution in [-0.4, -0.2) is 0 Å². The van der Waals surface area contributed by atoms with E-state index in [0.717, 1.165) is 0 Å². The molecule has 11 aromatic rings. The Morgan fingerprint density at radius 2 is 0.227 bits per heavy atom. The quantitative estimate of drug-likeness (QED) is 0.129. The van der Waals surface area contributed by atoms with Crippen LogP contribution in [0.25, 0.3) is 111 Å². The summed E-state index contributed by atoms with van der Waals surface area (Å²) < 4.78 is 0. The molecule has 0 aliphatic carbocycles. The third-order valence-electron chi connectivity index (χ3n) is 12.7. The fourth-order valence-electron chi connectivity index (χ4n) is 9.12. The fraction of sp³-hybridized carbons (Fsp3) is 0. The molecule has 11 aromatic carbocycles. The van der Waals surface area contributed by atoms with Gasteiger partial charge in [-0.05, 0) is 160 Å². The van der Waals surface area contributed by atoms with Crippen LogP contribution in [0.1, 0.15) is 0 Å². The maximum absolute atomic E-state index is 2.36. The summed E-state index contributed by atoms with van der Waals surface area (Å²) in [4.78, 5) is 0. The second kappa shape index (κ2) is 18.3. The van der Waals surface area contributed by atoms with Gasteiger partial charge in [-0.25, -0.2) is 0 Å². The number of benzene rings is 11. The lowest BCUT2D eigenvalue weighted by molar-refractivity contribution is 1.54. The van der Waals surface area contributed by atoms with Crippen LogP contribution >= 0.6 is 0 Å². The lowest BCUT2D eigenvalue weighted by Crippen LogP contribution is -1.89. The molecule has 0 amide bonds. The predicted octanol–water partition coefficient (Wildman–Crippen LogP) is 18.4. The summed E-state index contributed by atoms with van der Waals surface area (Å²) in [6, 6.07) is 101. The molecule has 11 rings (SSSR count). The summed E-state index contributed by atoms with van der Waals surface area (Å²) in [5, 5.41) is 0. The van der Waals surface area contributed by atoms with Gasteiger partial charge in [0.15, 0.2) is 0 Å². The molecule has 310 valence electrons. The van der Waals surface area contributed by atoms with Crippen molar-refractivity contribution in [1.29, 1.82) is 0 Å². The van der Waals surface area contributed by atoms with Crippen molar-refractivity contribution in [3.63, 3.8) is 0 Å². The first-order chi connectivity index (χ1) is 32.7. The van der Waals surface area contributed by atoms with E-state index in [9.17, 15) is 0 Å². The van der Waals surface area contributed by atoms with E-state index >= 15 is 0 Å². The Labute approximate surface area is 388 Å². The first kappa shape index (κ1) is 40.2. The summed E-state index contributed by atoms with van der Waals surface area (Å²) >= 11 is 0. The minimum absolute atomic E-state index is 1.17. The van der Waals surface area contributed by atoms with E-state index in [1.165, 1.54) is 111 Å². The van der Waals surface area contributed by atoms with Gasteiger partial charge in [0.05, 0.1) is 0 Å². The average molecular weight is 839 g/mol. The average Bonchev–Trinajstić information content (AvgIpc) is 3.42. The summed E-state index contributed by atoms with van der Waals surface area (Å²) in [6.07, 6.45) is 0. The highest BCUT2D eigenvalue weighted by Gasteiger charge is 2.12. The monoisotopic (exact) mass is 838 g/mol. The minimum Gasteiger partial charge on any atom is -0.0622 e. The van der Waals surface area contributed by atoms with Crippen LogP contribution in [-0.2, 0) is 0 Å². The number of hydrogen-bond acceptors (Lipinski definition) is 0. The Hall–Kier alpha value is -8.58. The third-order valence-corrected chi connectivity index (χ3v) is 12.7. The molecule has 0 heteroatoms. The highest BCUT2D eigenvalue weighted by Crippen LogP contribution is 2.38. The van der Waals surface area contributed by atoms with Crippen molar-refractivity contribution in [2.75, 3.05) is 0 Å². The predicted molar refractivity (Wildman–Crippen MR) is 281 cm³/mol. The molecule has 0 fully saturated rings. The molecule has 0 saturated heterocycles. The zero-order valence-electron chi connectivity index (χ0n) is 36.6. The van der Waals surface area contributed by atoms with Gasteiger partial charge in [-0.3, -0.25) is 0 Å². The van der Waals surface area contributed by atoms with Crippen molar-refractivity contribution >= 4 is 0 Å². The Morgan fingerprint density at radius 3 is 0.500 bits per heavy atom. The molecule has 0 spiro atoms. The van der Waals surface area contributed by atoms with E-state index < -0.39 is 0 Å². The molecule has 66 heavy (non-hydrogen) atoms. The van der Waals surface area contributed by atoms with E-state index in [1.807, 2.05) is 0 Å². The SMILES string of the molecule is c1ccc(-c2ccc(-c3cccc(-c4cc(-c5ccc(-c6cccc(-c7ccccc7)c6)cc5)cc(-c5cccc(-c6cccc(-c7cccc(-c8ccccc8)c7)c6)c5)c4)c3)cc2)cc1. The van der Waals surface area contributed by atoms with Gasteiger partial charge in [-0.1, -0.05) is 231 Å². The van der Waals surface area contributed by atoms with Crippen LogP contribution in [0.2, 0.25) is 0 Å². The van der Waals surface area contributed by atoms with Crippen LogP contribution < -0.4 is 0 Å². The lowest BCUT2D eigenvalue weighted by atomic mass is 9.90. The third kappa shape index (κ3) is 8.69. The lowest BCUT2D eigenvalue weighted by Gasteiger charge is -2.14. The Kier molecular flexibility index (Phi) is 11.1. The van der Waals surface area contributed by atoms with E-state index in [0.29, 0.717) is 0 Å². The molecular formula is C66H46. The normalized spacial score (nSPS) is 11.0. The van der Waals surface area contributed by atoms with Crippen molar-refractivity contribution in [2.45, 2.75) is 0 Å². The topological polar surface area (TPSA) is 0 Å². The van der Waals surface area contributed by atoms with Gasteiger partial charge < -0.3 is 0 Å². The molecule has 0 aliphatic rings. The molecule has 0 aromatic heterocycles. The zero-order chi connectivity index (χ0) is 44.1. The highest BCUT2D eigenvalue weighted by molar-refractivity contribution is 5.86. The fourth-order valence-corrected chi connectivity index (χ4v) is 9.12. The van der Waals surface area contributed by atoms with Crippen LogP contribution in [0.4, 0.5) is 0 Å². The van der Waals surface area contributed by atoms with E-state index in [4.69, 9.17) is 0 Å². The molecule has 0 N–H and O–H groups in total. The first-order valence-electron chi connectivity index (χ1n) is 22.7. The Morgan fingerprint density at radius 1 is 0.0909 bits per heavy atom. The van der Waals surface area contributed by atoms with Gasteiger partial charge in [0.2, 0.25) is 0 Å². The van der Waals surface area contributed by atoms with Gasteiger partial charge >= 0.3 is 0 Å². The summed E-state index contributed by atoms with van der Waals surface area (Å²) in [5.41, 5.74) is 23.9. The Balaban J connectivity index is 0.962. The van der Waals surface area contributed by atoms with Gasteiger partial charge in [0, 0.05) is 0 Å². The van der Waals surface area contributed by atoms with Crippen LogP contribution in [0.5, 0.6) is 0 Å². The summed E-state index contributed by atoms with van der Waals surface area (Å²) in [6.45, 7) is 0. The molecule has 0 radical (unpaired) electrons. The van der Waals surface area contributed by atoms with Crippen LogP contribution in [0, 0.1) is 0 Å². The number of hydrogen-bond donors (Lipinski definition) is 0.